The van der Waals surface area contributed by atoms with Crippen LogP contribution >= 0.6 is 0 Å². The van der Waals surface area contributed by atoms with Crippen molar-refractivity contribution < 1.29 is 33.3 Å². The smallest absolute Gasteiger partial charge is 0.336 e. The first-order chi connectivity index (χ1) is 12.3. The molecule has 27 heavy (non-hydrogen) atoms. The number of aryl methyl sites for hydroxylation is 1. The van der Waals surface area contributed by atoms with E-state index in [1.807, 2.05) is 0 Å². The number of nitrogens with zero attached hydrogens (tertiary/aromatic N) is 2. The Balaban J connectivity index is 2.46. The van der Waals surface area contributed by atoms with Crippen molar-refractivity contribution >= 4 is 5.97 Å². The molecule has 2 N–H and O–H groups in total. The van der Waals surface area contributed by atoms with Crippen LogP contribution in [-0.2, 0) is 21.0 Å². The lowest BCUT2D eigenvalue weighted by Gasteiger charge is -2.23. The molecule has 11 heteroatoms. The van der Waals surface area contributed by atoms with Gasteiger partial charge in [0.05, 0.1) is 12.0 Å². The van der Waals surface area contributed by atoms with E-state index in [0.717, 1.165) is 6.20 Å². The minimum Gasteiger partial charge on any atom is -0.443 e. The van der Waals surface area contributed by atoms with Gasteiger partial charge in [-0.05, 0) is 27.7 Å². The molecule has 3 atom stereocenters. The highest BCUT2D eigenvalue weighted by Gasteiger charge is 2.59. The molecule has 1 saturated heterocycles. The molecule has 1 aromatic rings. The van der Waals surface area contributed by atoms with Crippen LogP contribution in [0.4, 0.5) is 8.78 Å². The van der Waals surface area contributed by atoms with Crippen molar-refractivity contribution in [1.29, 1.82) is 0 Å². The van der Waals surface area contributed by atoms with Crippen molar-refractivity contribution in [2.24, 2.45) is 5.41 Å². The predicted molar refractivity (Wildman–Crippen MR) is 87.2 cm³/mol. The minimum atomic E-state index is -3.89. The zero-order valence-electron chi connectivity index (χ0n) is 15.3. The van der Waals surface area contributed by atoms with Gasteiger partial charge in [-0.3, -0.25) is 14.2 Å². The summed E-state index contributed by atoms with van der Waals surface area (Å²) in [6.45, 7) is 4.33. The Labute approximate surface area is 152 Å². The number of carbonyl (C=O) groups is 1. The van der Waals surface area contributed by atoms with Gasteiger partial charge in [-0.2, -0.15) is 8.78 Å². The van der Waals surface area contributed by atoms with E-state index in [9.17, 15) is 28.3 Å². The number of aliphatic hydroxyl groups excluding tert-OH is 2. The Bertz CT molecular complexity index is 841. The lowest BCUT2D eigenvalue weighted by atomic mass is 9.98. The standard InChI is InChI=1S/C16H22F2N2O7/c1-8-5-19(12-16(17,18)10(22)9(6-21)27-12)14(25)20(11(8)23)7-26-13(24)15(2,3)4/h5,9-10,12,21-22H,6-7H2,1-4H3/t9-,10-,12-/m1/s1. The van der Waals surface area contributed by atoms with Gasteiger partial charge in [-0.15, -0.1) is 0 Å². The Morgan fingerprint density at radius 2 is 1.96 bits per heavy atom. The number of esters is 1. The van der Waals surface area contributed by atoms with Crippen molar-refractivity contribution in [1.82, 2.24) is 9.13 Å². The highest BCUT2D eigenvalue weighted by Crippen LogP contribution is 2.41. The largest absolute Gasteiger partial charge is 0.443 e. The molecule has 152 valence electrons. The summed E-state index contributed by atoms with van der Waals surface area (Å²) >= 11 is 0. The quantitative estimate of drug-likeness (QED) is 0.678. The summed E-state index contributed by atoms with van der Waals surface area (Å²) in [6, 6.07) is 0. The third-order valence-corrected chi connectivity index (χ3v) is 4.12. The number of halogens is 2. The maximum atomic E-state index is 14.3. The van der Waals surface area contributed by atoms with E-state index in [1.165, 1.54) is 6.92 Å². The molecule has 0 radical (unpaired) electrons. The average molecular weight is 392 g/mol. The van der Waals surface area contributed by atoms with E-state index < -0.39 is 60.3 Å². The van der Waals surface area contributed by atoms with E-state index in [2.05, 4.69) is 0 Å². The lowest BCUT2D eigenvalue weighted by Crippen LogP contribution is -2.47. The van der Waals surface area contributed by atoms with Crippen molar-refractivity contribution in [3.05, 3.63) is 32.6 Å². The van der Waals surface area contributed by atoms with Crippen LogP contribution in [0, 0.1) is 12.3 Å². The summed E-state index contributed by atoms with van der Waals surface area (Å²) in [7, 11) is 0. The zero-order chi connectivity index (χ0) is 20.7. The molecule has 1 aromatic heterocycles. The number of hydrogen-bond acceptors (Lipinski definition) is 7. The molecule has 0 amide bonds. The molecule has 2 rings (SSSR count). The summed E-state index contributed by atoms with van der Waals surface area (Å²) in [4.78, 5) is 36.6. The fourth-order valence-corrected chi connectivity index (χ4v) is 2.50. The number of carbonyl (C=O) groups excluding carboxylic acids is 1. The Morgan fingerprint density at radius 3 is 2.44 bits per heavy atom. The zero-order valence-corrected chi connectivity index (χ0v) is 15.3. The SMILES string of the molecule is Cc1cn([C@@H]2O[C@H](CO)[C@@H](O)C2(F)F)c(=O)n(COC(=O)C(C)(C)C)c1=O. The molecule has 0 aromatic carbocycles. The summed E-state index contributed by atoms with van der Waals surface area (Å²) in [6.07, 6.45) is -5.30. The third-order valence-electron chi connectivity index (χ3n) is 4.12. The van der Waals surface area contributed by atoms with Gasteiger partial charge >= 0.3 is 17.6 Å². The van der Waals surface area contributed by atoms with Crippen LogP contribution in [0.3, 0.4) is 0 Å². The monoisotopic (exact) mass is 392 g/mol. The van der Waals surface area contributed by atoms with Crippen molar-refractivity contribution in [3.63, 3.8) is 0 Å². The summed E-state index contributed by atoms with van der Waals surface area (Å²) in [5.74, 6) is -4.59. The van der Waals surface area contributed by atoms with Gasteiger partial charge in [0.1, 0.15) is 6.10 Å². The van der Waals surface area contributed by atoms with E-state index in [4.69, 9.17) is 14.6 Å². The number of hydrogen-bond donors (Lipinski definition) is 2. The van der Waals surface area contributed by atoms with Crippen LogP contribution < -0.4 is 11.2 Å². The summed E-state index contributed by atoms with van der Waals surface area (Å²) in [5, 5.41) is 18.7. The molecule has 1 aliphatic heterocycles. The van der Waals surface area contributed by atoms with Crippen molar-refractivity contribution in [2.45, 2.75) is 58.8 Å². The number of aromatic nitrogens is 2. The summed E-state index contributed by atoms with van der Waals surface area (Å²) in [5.41, 5.74) is -3.00. The first kappa shape index (κ1) is 21.2. The van der Waals surface area contributed by atoms with E-state index in [1.54, 1.807) is 20.8 Å². The molecule has 9 nitrogen and oxygen atoms in total. The van der Waals surface area contributed by atoms with Crippen LogP contribution in [0.25, 0.3) is 0 Å². The molecule has 0 saturated carbocycles. The maximum absolute atomic E-state index is 14.3. The lowest BCUT2D eigenvalue weighted by molar-refractivity contribution is -0.157. The van der Waals surface area contributed by atoms with Gasteiger partial charge in [-0.25, -0.2) is 9.36 Å². The maximum Gasteiger partial charge on any atom is 0.336 e. The van der Waals surface area contributed by atoms with Crippen LogP contribution in [-0.4, -0.2) is 50.1 Å². The van der Waals surface area contributed by atoms with E-state index in [-0.39, 0.29) is 5.56 Å². The van der Waals surface area contributed by atoms with E-state index in [0.29, 0.717) is 9.13 Å². The molecule has 1 aliphatic rings. The average Bonchev–Trinajstić information content (AvgIpc) is 2.80. The topological polar surface area (TPSA) is 120 Å². The summed E-state index contributed by atoms with van der Waals surface area (Å²) < 4.78 is 39.4. The first-order valence-corrected chi connectivity index (χ1v) is 8.14. The second-order valence-corrected chi connectivity index (χ2v) is 7.37. The highest BCUT2D eigenvalue weighted by molar-refractivity contribution is 5.75. The highest BCUT2D eigenvalue weighted by atomic mass is 19.3. The normalized spacial score (nSPS) is 24.8. The Hall–Kier alpha value is -2.11. The van der Waals surface area contributed by atoms with Crippen LogP contribution in [0.2, 0.25) is 0 Å². The van der Waals surface area contributed by atoms with Gasteiger partial charge < -0.3 is 19.7 Å². The molecule has 0 spiro atoms. The Morgan fingerprint density at radius 1 is 1.37 bits per heavy atom. The molecular formula is C16H22F2N2O7. The van der Waals surface area contributed by atoms with Gasteiger partial charge in [0, 0.05) is 11.8 Å². The molecule has 2 heterocycles. The molecule has 0 unspecified atom stereocenters. The molecule has 1 fully saturated rings. The van der Waals surface area contributed by atoms with E-state index >= 15 is 0 Å². The molecule has 0 aliphatic carbocycles. The fourth-order valence-electron chi connectivity index (χ4n) is 2.50. The number of alkyl halides is 2. The second kappa shape index (κ2) is 7.13. The minimum absolute atomic E-state index is 0.0808. The van der Waals surface area contributed by atoms with Crippen LogP contribution in [0.1, 0.15) is 32.6 Å². The van der Waals surface area contributed by atoms with Gasteiger partial charge in [-0.1, -0.05) is 0 Å². The predicted octanol–water partition coefficient (Wildman–Crippen LogP) is -0.249. The number of rotatable bonds is 4. The molecule has 0 bridgehead atoms. The number of ether oxygens (including phenoxy) is 2. The van der Waals surface area contributed by atoms with Crippen molar-refractivity contribution in [3.8, 4) is 0 Å². The van der Waals surface area contributed by atoms with Gasteiger partial charge in [0.15, 0.2) is 12.8 Å². The van der Waals surface area contributed by atoms with Gasteiger partial charge in [0.2, 0.25) is 6.23 Å². The third kappa shape index (κ3) is 3.80. The fraction of sp³-hybridized carbons (Fsp3) is 0.688. The first-order valence-electron chi connectivity index (χ1n) is 8.14. The Kier molecular flexibility index (Phi) is 5.60. The number of aliphatic hydroxyl groups is 2. The van der Waals surface area contributed by atoms with Gasteiger partial charge in [0.25, 0.3) is 5.56 Å². The van der Waals surface area contributed by atoms with Crippen molar-refractivity contribution in [2.75, 3.05) is 6.61 Å². The molecular weight excluding hydrogens is 370 g/mol. The second-order valence-electron chi connectivity index (χ2n) is 7.37. The van der Waals surface area contributed by atoms with Crippen LogP contribution in [0.15, 0.2) is 15.8 Å². The van der Waals surface area contributed by atoms with Crippen LogP contribution in [0.5, 0.6) is 0 Å².